The first-order valence-corrected chi connectivity index (χ1v) is 8.37. The van der Waals surface area contributed by atoms with E-state index in [9.17, 15) is 9.90 Å². The maximum Gasteiger partial charge on any atom is 0.259 e. The molecule has 1 N–H and O–H groups in total. The van der Waals surface area contributed by atoms with Crippen molar-refractivity contribution >= 4 is 5.91 Å². The Bertz CT molecular complexity index is 760. The summed E-state index contributed by atoms with van der Waals surface area (Å²) in [6, 6.07) is 3.53. The number of β-amino-alcohol motifs (C(OH)–C–C–N with tert-alkyl or cyclic N) is 1. The van der Waals surface area contributed by atoms with E-state index in [0.717, 1.165) is 0 Å². The van der Waals surface area contributed by atoms with Crippen LogP contribution in [0, 0.1) is 0 Å². The first kappa shape index (κ1) is 17.3. The number of pyridine rings is 1. The normalized spacial score (nSPS) is 20.8. The van der Waals surface area contributed by atoms with Crippen molar-refractivity contribution in [3.8, 4) is 5.88 Å². The number of amides is 1. The molecule has 0 radical (unpaired) electrons. The zero-order valence-electron chi connectivity index (χ0n) is 14.7. The summed E-state index contributed by atoms with van der Waals surface area (Å²) in [5.41, 5.74) is -0.312. The molecule has 134 valence electrons. The van der Waals surface area contributed by atoms with E-state index in [1.807, 2.05) is 13.8 Å². The van der Waals surface area contributed by atoms with Gasteiger partial charge in [0.1, 0.15) is 16.9 Å². The number of carbonyl (C=O) groups is 1. The summed E-state index contributed by atoms with van der Waals surface area (Å²) in [7, 11) is 1.48. The van der Waals surface area contributed by atoms with Crippen LogP contribution in [0.3, 0.4) is 0 Å². The molecule has 1 atom stereocenters. The molecule has 1 saturated heterocycles. The quantitative estimate of drug-likeness (QED) is 0.900. The molecule has 0 aromatic carbocycles. The van der Waals surface area contributed by atoms with Crippen LogP contribution in [0.15, 0.2) is 24.5 Å². The molecule has 2 aromatic rings. The van der Waals surface area contributed by atoms with Crippen LogP contribution in [0.2, 0.25) is 0 Å². The third-order valence-corrected chi connectivity index (χ3v) is 4.47. The minimum Gasteiger partial charge on any atom is -0.480 e. The first-order valence-electron chi connectivity index (χ1n) is 8.37. The zero-order valence-corrected chi connectivity index (χ0v) is 14.7. The number of ether oxygens (including phenoxy) is 1. The summed E-state index contributed by atoms with van der Waals surface area (Å²) in [5, 5.41) is 19.3. The Labute approximate surface area is 146 Å². The largest absolute Gasteiger partial charge is 0.480 e. The molecule has 8 nitrogen and oxygen atoms in total. The molecule has 0 spiro atoms. The Morgan fingerprint density at radius 2 is 2.24 bits per heavy atom. The molecular weight excluding hydrogens is 322 g/mol. The maximum atomic E-state index is 12.9. The van der Waals surface area contributed by atoms with Gasteiger partial charge in [0.25, 0.3) is 5.91 Å². The SMILES string of the molecule is COc1ncccc1C(=O)N1CCC[C@@](O)(c2cn(C(C)C)nn2)C1. The lowest BCUT2D eigenvalue weighted by molar-refractivity contribution is -0.0321. The average molecular weight is 345 g/mol. The van der Waals surface area contributed by atoms with Gasteiger partial charge in [0.05, 0.1) is 19.9 Å². The third-order valence-electron chi connectivity index (χ3n) is 4.47. The van der Waals surface area contributed by atoms with Crippen molar-refractivity contribution in [2.75, 3.05) is 20.2 Å². The van der Waals surface area contributed by atoms with Crippen molar-refractivity contribution in [2.24, 2.45) is 0 Å². The van der Waals surface area contributed by atoms with Crippen molar-refractivity contribution in [1.29, 1.82) is 0 Å². The maximum absolute atomic E-state index is 12.9. The zero-order chi connectivity index (χ0) is 18.0. The van der Waals surface area contributed by atoms with Gasteiger partial charge in [0.15, 0.2) is 0 Å². The number of hydrogen-bond acceptors (Lipinski definition) is 6. The second kappa shape index (κ2) is 6.79. The highest BCUT2D eigenvalue weighted by molar-refractivity contribution is 5.96. The second-order valence-electron chi connectivity index (χ2n) is 6.60. The molecule has 3 heterocycles. The lowest BCUT2D eigenvalue weighted by Gasteiger charge is -2.38. The van der Waals surface area contributed by atoms with E-state index in [1.165, 1.54) is 7.11 Å². The van der Waals surface area contributed by atoms with E-state index in [1.54, 1.807) is 34.1 Å². The van der Waals surface area contributed by atoms with Gasteiger partial charge < -0.3 is 14.7 Å². The lowest BCUT2D eigenvalue weighted by atomic mass is 9.89. The number of hydrogen-bond donors (Lipinski definition) is 1. The topological polar surface area (TPSA) is 93.4 Å². The number of rotatable bonds is 4. The Balaban J connectivity index is 1.83. The predicted octanol–water partition coefficient (Wildman–Crippen LogP) is 1.39. The van der Waals surface area contributed by atoms with Crippen LogP contribution in [0.1, 0.15) is 48.8 Å². The highest BCUT2D eigenvalue weighted by Gasteiger charge is 2.40. The van der Waals surface area contributed by atoms with Gasteiger partial charge in [-0.15, -0.1) is 5.10 Å². The minimum atomic E-state index is -1.20. The van der Waals surface area contributed by atoms with Crippen LogP contribution >= 0.6 is 0 Å². The van der Waals surface area contributed by atoms with Gasteiger partial charge in [-0.2, -0.15) is 0 Å². The second-order valence-corrected chi connectivity index (χ2v) is 6.60. The highest BCUT2D eigenvalue weighted by Crippen LogP contribution is 2.31. The fourth-order valence-electron chi connectivity index (χ4n) is 3.05. The molecule has 25 heavy (non-hydrogen) atoms. The highest BCUT2D eigenvalue weighted by atomic mass is 16.5. The Kier molecular flexibility index (Phi) is 4.71. The molecular formula is C17H23N5O3. The van der Waals surface area contributed by atoms with Crippen molar-refractivity contribution in [3.63, 3.8) is 0 Å². The standard InChI is InChI=1S/C17H23N5O3/c1-12(2)22-10-14(19-20-22)17(24)7-5-9-21(11-17)16(23)13-6-4-8-18-15(13)25-3/h4,6,8,10,12,24H,5,7,9,11H2,1-3H3/t17-/m0/s1. The molecule has 0 unspecified atom stereocenters. The molecule has 0 bridgehead atoms. The summed E-state index contributed by atoms with van der Waals surface area (Å²) < 4.78 is 6.88. The van der Waals surface area contributed by atoms with Crippen LogP contribution in [0.25, 0.3) is 0 Å². The number of nitrogens with zero attached hydrogens (tertiary/aromatic N) is 5. The van der Waals surface area contributed by atoms with E-state index >= 15 is 0 Å². The van der Waals surface area contributed by atoms with E-state index in [-0.39, 0.29) is 24.4 Å². The van der Waals surface area contributed by atoms with E-state index < -0.39 is 5.60 Å². The van der Waals surface area contributed by atoms with Gasteiger partial charge in [-0.25, -0.2) is 9.67 Å². The van der Waals surface area contributed by atoms with E-state index in [4.69, 9.17) is 4.74 Å². The summed E-state index contributed by atoms with van der Waals surface area (Å²) in [6.45, 7) is 4.72. The number of aromatic nitrogens is 4. The van der Waals surface area contributed by atoms with E-state index in [2.05, 4.69) is 15.3 Å². The predicted molar refractivity (Wildman–Crippen MR) is 90.2 cm³/mol. The van der Waals surface area contributed by atoms with Crippen LogP contribution in [-0.2, 0) is 5.60 Å². The Hall–Kier alpha value is -2.48. The van der Waals surface area contributed by atoms with E-state index in [0.29, 0.717) is 30.6 Å². The molecule has 2 aromatic heterocycles. The van der Waals surface area contributed by atoms with Crippen molar-refractivity contribution in [3.05, 3.63) is 35.8 Å². The summed E-state index contributed by atoms with van der Waals surface area (Å²) in [6.07, 6.45) is 4.55. The van der Waals surface area contributed by atoms with Gasteiger partial charge in [-0.1, -0.05) is 5.21 Å². The number of likely N-dealkylation sites (tertiary alicyclic amines) is 1. The fourth-order valence-corrected chi connectivity index (χ4v) is 3.05. The molecule has 1 amide bonds. The van der Waals surface area contributed by atoms with Crippen LogP contribution in [-0.4, -0.2) is 56.1 Å². The van der Waals surface area contributed by atoms with Crippen LogP contribution in [0.4, 0.5) is 0 Å². The van der Waals surface area contributed by atoms with Gasteiger partial charge >= 0.3 is 0 Å². The number of piperidine rings is 1. The van der Waals surface area contributed by atoms with Crippen LogP contribution in [0.5, 0.6) is 5.88 Å². The number of methoxy groups -OCH3 is 1. The summed E-state index contributed by atoms with van der Waals surface area (Å²) in [5.74, 6) is 0.0756. The molecule has 1 aliphatic heterocycles. The Morgan fingerprint density at radius 3 is 2.92 bits per heavy atom. The van der Waals surface area contributed by atoms with Crippen LogP contribution < -0.4 is 4.74 Å². The number of aliphatic hydroxyl groups is 1. The van der Waals surface area contributed by atoms with Gasteiger partial charge in [0.2, 0.25) is 5.88 Å². The lowest BCUT2D eigenvalue weighted by Crippen LogP contribution is -2.48. The van der Waals surface area contributed by atoms with Gasteiger partial charge in [-0.05, 0) is 38.8 Å². The molecule has 0 aliphatic carbocycles. The molecule has 1 aliphatic rings. The minimum absolute atomic E-state index is 0.158. The Morgan fingerprint density at radius 1 is 1.44 bits per heavy atom. The van der Waals surface area contributed by atoms with Crippen molar-refractivity contribution < 1.29 is 14.6 Å². The van der Waals surface area contributed by atoms with Gasteiger partial charge in [-0.3, -0.25) is 4.79 Å². The molecule has 0 saturated carbocycles. The molecule has 3 rings (SSSR count). The third kappa shape index (κ3) is 3.34. The molecule has 8 heteroatoms. The summed E-state index contributed by atoms with van der Waals surface area (Å²) >= 11 is 0. The average Bonchev–Trinajstić information content (AvgIpc) is 3.12. The smallest absolute Gasteiger partial charge is 0.259 e. The first-order chi connectivity index (χ1) is 11.9. The van der Waals surface area contributed by atoms with Gasteiger partial charge in [0, 0.05) is 18.8 Å². The van der Waals surface area contributed by atoms with Crippen molar-refractivity contribution in [2.45, 2.75) is 38.3 Å². The fraction of sp³-hybridized carbons (Fsp3) is 0.529. The molecule has 1 fully saturated rings. The summed E-state index contributed by atoms with van der Waals surface area (Å²) in [4.78, 5) is 18.6. The number of carbonyl (C=O) groups excluding carboxylic acids is 1. The monoisotopic (exact) mass is 345 g/mol. The van der Waals surface area contributed by atoms with Crippen molar-refractivity contribution in [1.82, 2.24) is 24.9 Å².